The SMILES string of the molecule is Cc1ccccc1-c1cccc(N/N=C(\C#N)C(=N)N)c1. The second-order valence-electron chi connectivity index (χ2n) is 4.49. The summed E-state index contributed by atoms with van der Waals surface area (Å²) in [5.74, 6) is -0.361. The molecule has 2 aromatic rings. The van der Waals surface area contributed by atoms with E-state index in [9.17, 15) is 0 Å². The standard InChI is InChI=1S/C16H15N5/c1-11-5-2-3-8-14(11)12-6-4-7-13(9-12)20-21-15(10-17)16(18)19/h2-9,20H,1H3,(H3,18,19)/b21-15+. The van der Waals surface area contributed by atoms with Gasteiger partial charge in [0.05, 0.1) is 5.69 Å². The van der Waals surface area contributed by atoms with Gasteiger partial charge in [-0.3, -0.25) is 10.8 Å². The highest BCUT2D eigenvalue weighted by atomic mass is 15.3. The molecule has 0 unspecified atom stereocenters. The number of nitrogens with zero attached hydrogens (tertiary/aromatic N) is 2. The van der Waals surface area contributed by atoms with Crippen molar-refractivity contribution in [2.24, 2.45) is 10.8 Å². The largest absolute Gasteiger partial charge is 0.382 e. The van der Waals surface area contributed by atoms with E-state index in [2.05, 4.69) is 23.5 Å². The summed E-state index contributed by atoms with van der Waals surface area (Å²) in [6, 6.07) is 17.5. The van der Waals surface area contributed by atoms with Crippen LogP contribution in [-0.2, 0) is 0 Å². The molecule has 0 saturated heterocycles. The fourth-order valence-electron chi connectivity index (χ4n) is 1.92. The number of nitriles is 1. The molecule has 2 aromatic carbocycles. The van der Waals surface area contributed by atoms with E-state index in [0.717, 1.165) is 16.8 Å². The summed E-state index contributed by atoms with van der Waals surface area (Å²) in [5.41, 5.74) is 11.9. The average Bonchev–Trinajstić information content (AvgIpc) is 2.48. The van der Waals surface area contributed by atoms with Gasteiger partial charge in [0.15, 0.2) is 5.84 Å². The van der Waals surface area contributed by atoms with Crippen LogP contribution >= 0.6 is 0 Å². The molecule has 5 heteroatoms. The average molecular weight is 277 g/mol. The number of rotatable bonds is 4. The van der Waals surface area contributed by atoms with E-state index in [1.165, 1.54) is 5.56 Å². The molecule has 0 aliphatic heterocycles. The lowest BCUT2D eigenvalue weighted by atomic mass is 10.0. The number of benzene rings is 2. The number of amidine groups is 1. The Bertz CT molecular complexity index is 740. The van der Waals surface area contributed by atoms with Crippen LogP contribution in [0.4, 0.5) is 5.69 Å². The van der Waals surface area contributed by atoms with Gasteiger partial charge in [-0.2, -0.15) is 10.4 Å². The first kappa shape index (κ1) is 14.3. The molecule has 0 aliphatic carbocycles. The third kappa shape index (κ3) is 3.45. The lowest BCUT2D eigenvalue weighted by molar-refractivity contribution is 1.33. The number of nitrogens with one attached hydrogen (secondary N) is 2. The maximum absolute atomic E-state index is 8.80. The van der Waals surface area contributed by atoms with Gasteiger partial charge in [0.25, 0.3) is 0 Å². The third-order valence-electron chi connectivity index (χ3n) is 2.98. The zero-order valence-corrected chi connectivity index (χ0v) is 11.6. The van der Waals surface area contributed by atoms with E-state index in [1.54, 1.807) is 6.07 Å². The Hall–Kier alpha value is -3.13. The van der Waals surface area contributed by atoms with Gasteiger partial charge in [-0.15, -0.1) is 0 Å². The van der Waals surface area contributed by atoms with Crippen LogP contribution < -0.4 is 11.2 Å². The number of hydrogen-bond donors (Lipinski definition) is 3. The molecule has 0 saturated carbocycles. The summed E-state index contributed by atoms with van der Waals surface area (Å²) >= 11 is 0. The summed E-state index contributed by atoms with van der Waals surface area (Å²) in [6.45, 7) is 2.05. The van der Waals surface area contributed by atoms with E-state index in [-0.39, 0.29) is 11.5 Å². The van der Waals surface area contributed by atoms with Gasteiger partial charge in [-0.1, -0.05) is 36.4 Å². The third-order valence-corrected chi connectivity index (χ3v) is 2.98. The smallest absolute Gasteiger partial charge is 0.201 e. The van der Waals surface area contributed by atoms with Crippen LogP contribution in [0.15, 0.2) is 53.6 Å². The Morgan fingerprint density at radius 2 is 2.00 bits per heavy atom. The normalized spacial score (nSPS) is 10.8. The van der Waals surface area contributed by atoms with Crippen molar-refractivity contribution in [3.05, 3.63) is 54.1 Å². The van der Waals surface area contributed by atoms with Gasteiger partial charge in [0, 0.05) is 0 Å². The van der Waals surface area contributed by atoms with Crippen LogP contribution in [0.2, 0.25) is 0 Å². The van der Waals surface area contributed by atoms with Crippen LogP contribution in [0.25, 0.3) is 11.1 Å². The molecule has 2 rings (SSSR count). The molecule has 21 heavy (non-hydrogen) atoms. The Labute approximate surface area is 123 Å². The molecule has 0 bridgehead atoms. The maximum atomic E-state index is 8.80. The predicted octanol–water partition coefficient (Wildman–Crippen LogP) is 2.89. The highest BCUT2D eigenvalue weighted by molar-refractivity contribution is 6.45. The molecule has 0 fully saturated rings. The highest BCUT2D eigenvalue weighted by Gasteiger charge is 2.03. The summed E-state index contributed by atoms with van der Waals surface area (Å²) in [4.78, 5) is 0. The highest BCUT2D eigenvalue weighted by Crippen LogP contribution is 2.25. The minimum atomic E-state index is -0.361. The van der Waals surface area contributed by atoms with Gasteiger partial charge in [-0.25, -0.2) is 0 Å². The van der Waals surface area contributed by atoms with Crippen LogP contribution in [0, 0.1) is 23.7 Å². The van der Waals surface area contributed by atoms with Crippen LogP contribution in [0.5, 0.6) is 0 Å². The van der Waals surface area contributed by atoms with E-state index in [1.807, 2.05) is 42.5 Å². The second-order valence-corrected chi connectivity index (χ2v) is 4.49. The number of aryl methyl sites for hydroxylation is 1. The number of hydrazone groups is 1. The fraction of sp³-hybridized carbons (Fsp3) is 0.0625. The summed E-state index contributed by atoms with van der Waals surface area (Å²) < 4.78 is 0. The zero-order chi connectivity index (χ0) is 15.2. The van der Waals surface area contributed by atoms with Crippen molar-refractivity contribution >= 4 is 17.2 Å². The molecule has 0 heterocycles. The molecule has 0 aliphatic rings. The van der Waals surface area contributed by atoms with Crippen molar-refractivity contribution in [1.29, 1.82) is 10.7 Å². The molecule has 0 amide bonds. The summed E-state index contributed by atoms with van der Waals surface area (Å²) in [5, 5.41) is 19.8. The monoisotopic (exact) mass is 277 g/mol. The molecule has 4 N–H and O–H groups in total. The topological polar surface area (TPSA) is 98.0 Å². The molecule has 0 aromatic heterocycles. The van der Waals surface area contributed by atoms with Gasteiger partial charge >= 0.3 is 0 Å². The molecular weight excluding hydrogens is 262 g/mol. The second kappa shape index (κ2) is 6.35. The summed E-state index contributed by atoms with van der Waals surface area (Å²) in [6.07, 6.45) is 0. The van der Waals surface area contributed by atoms with E-state index in [4.69, 9.17) is 16.4 Å². The first-order valence-electron chi connectivity index (χ1n) is 6.36. The first-order chi connectivity index (χ1) is 10.1. The number of anilines is 1. The number of hydrogen-bond acceptors (Lipinski definition) is 4. The molecule has 0 atom stereocenters. The molecular formula is C16H15N5. The van der Waals surface area contributed by atoms with E-state index < -0.39 is 0 Å². The minimum Gasteiger partial charge on any atom is -0.382 e. The van der Waals surface area contributed by atoms with Gasteiger partial charge in [0.1, 0.15) is 6.07 Å². The maximum Gasteiger partial charge on any atom is 0.201 e. The quantitative estimate of drug-likeness (QED) is 0.455. The predicted molar refractivity (Wildman–Crippen MR) is 85.2 cm³/mol. The van der Waals surface area contributed by atoms with Crippen molar-refractivity contribution in [1.82, 2.24) is 0 Å². The Morgan fingerprint density at radius 3 is 2.67 bits per heavy atom. The van der Waals surface area contributed by atoms with E-state index in [0.29, 0.717) is 0 Å². The summed E-state index contributed by atoms with van der Waals surface area (Å²) in [7, 11) is 0. The lowest BCUT2D eigenvalue weighted by Gasteiger charge is -2.08. The van der Waals surface area contributed by atoms with Crippen LogP contribution in [0.1, 0.15) is 5.56 Å². The van der Waals surface area contributed by atoms with E-state index >= 15 is 0 Å². The molecule has 0 radical (unpaired) electrons. The Morgan fingerprint density at radius 1 is 1.24 bits per heavy atom. The van der Waals surface area contributed by atoms with Gasteiger partial charge < -0.3 is 5.73 Å². The fourth-order valence-corrected chi connectivity index (χ4v) is 1.92. The zero-order valence-electron chi connectivity index (χ0n) is 11.6. The Kier molecular flexibility index (Phi) is 4.32. The first-order valence-corrected chi connectivity index (χ1v) is 6.36. The van der Waals surface area contributed by atoms with Crippen molar-refractivity contribution in [2.75, 3.05) is 5.43 Å². The molecule has 5 nitrogen and oxygen atoms in total. The Balaban J connectivity index is 2.29. The van der Waals surface area contributed by atoms with Crippen molar-refractivity contribution in [3.63, 3.8) is 0 Å². The minimum absolute atomic E-state index is 0.142. The lowest BCUT2D eigenvalue weighted by Crippen LogP contribution is -2.21. The van der Waals surface area contributed by atoms with Gasteiger partial charge in [-0.05, 0) is 35.7 Å². The van der Waals surface area contributed by atoms with Crippen LogP contribution in [0.3, 0.4) is 0 Å². The van der Waals surface area contributed by atoms with Crippen molar-refractivity contribution in [3.8, 4) is 17.2 Å². The molecule has 0 spiro atoms. The van der Waals surface area contributed by atoms with Crippen molar-refractivity contribution < 1.29 is 0 Å². The van der Waals surface area contributed by atoms with Crippen molar-refractivity contribution in [2.45, 2.75) is 6.92 Å². The number of nitrogens with two attached hydrogens (primary N) is 1. The molecule has 104 valence electrons. The van der Waals surface area contributed by atoms with Crippen LogP contribution in [-0.4, -0.2) is 11.5 Å². The van der Waals surface area contributed by atoms with Gasteiger partial charge in [0.2, 0.25) is 5.71 Å².